The van der Waals surface area contributed by atoms with E-state index < -0.39 is 0 Å². The average molecular weight is 380 g/mol. The summed E-state index contributed by atoms with van der Waals surface area (Å²) in [6.45, 7) is 3.43. The van der Waals surface area contributed by atoms with Crippen LogP contribution < -0.4 is 10.6 Å². The van der Waals surface area contributed by atoms with Crippen LogP contribution in [0, 0.1) is 6.92 Å². The summed E-state index contributed by atoms with van der Waals surface area (Å²) in [5, 5.41) is 6.69. The van der Waals surface area contributed by atoms with E-state index in [-0.39, 0.29) is 11.7 Å². The molecule has 1 amide bonds. The lowest BCUT2D eigenvalue weighted by atomic mass is 10.1. The Kier molecular flexibility index (Phi) is 5.52. The van der Waals surface area contributed by atoms with Crippen LogP contribution in [0.4, 0.5) is 17.1 Å². The number of nitrogens with one attached hydrogen (secondary N) is 2. The van der Waals surface area contributed by atoms with E-state index in [2.05, 4.69) is 15.6 Å². The van der Waals surface area contributed by atoms with Crippen LogP contribution in [0.25, 0.3) is 0 Å². The molecule has 0 unspecified atom stereocenters. The van der Waals surface area contributed by atoms with Gasteiger partial charge in [0.15, 0.2) is 5.78 Å². The first-order valence-electron chi connectivity index (χ1n) is 8.33. The molecule has 0 spiro atoms. The van der Waals surface area contributed by atoms with Gasteiger partial charge in [0.2, 0.25) is 0 Å². The number of carbonyl (C=O) groups is 2. The van der Waals surface area contributed by atoms with E-state index in [1.165, 1.54) is 13.1 Å². The number of hydrogen-bond acceptors (Lipinski definition) is 4. The highest BCUT2D eigenvalue weighted by Gasteiger charge is 2.10. The number of anilines is 3. The SMILES string of the molecule is CC(=O)c1cccc(NC(=O)c2cncc(Nc3ccc(Cl)cc3C)c2)c1. The lowest BCUT2D eigenvalue weighted by Crippen LogP contribution is -2.13. The average Bonchev–Trinajstić information content (AvgIpc) is 2.64. The molecule has 0 saturated heterocycles. The van der Waals surface area contributed by atoms with Crippen molar-refractivity contribution in [1.29, 1.82) is 0 Å². The van der Waals surface area contributed by atoms with Crippen LogP contribution >= 0.6 is 11.6 Å². The van der Waals surface area contributed by atoms with Crippen molar-refractivity contribution in [2.75, 3.05) is 10.6 Å². The number of aryl methyl sites for hydroxylation is 1. The molecule has 5 nitrogen and oxygen atoms in total. The third-order valence-corrected chi connectivity index (χ3v) is 4.23. The summed E-state index contributed by atoms with van der Waals surface area (Å²) in [6, 6.07) is 14.1. The number of Topliss-reactive ketones (excluding diaryl/α,β-unsaturated/α-hetero) is 1. The van der Waals surface area contributed by atoms with Gasteiger partial charge in [-0.15, -0.1) is 0 Å². The van der Waals surface area contributed by atoms with E-state index in [0.717, 1.165) is 11.3 Å². The van der Waals surface area contributed by atoms with Crippen LogP contribution in [0.5, 0.6) is 0 Å². The smallest absolute Gasteiger partial charge is 0.257 e. The molecule has 0 aliphatic heterocycles. The zero-order chi connectivity index (χ0) is 19.4. The number of benzene rings is 2. The first-order chi connectivity index (χ1) is 12.9. The van der Waals surface area contributed by atoms with Crippen LogP contribution in [0.3, 0.4) is 0 Å². The van der Waals surface area contributed by atoms with Crippen molar-refractivity contribution >= 4 is 40.4 Å². The van der Waals surface area contributed by atoms with Crippen LogP contribution in [-0.4, -0.2) is 16.7 Å². The van der Waals surface area contributed by atoms with Gasteiger partial charge in [0.1, 0.15) is 0 Å². The fourth-order valence-corrected chi connectivity index (χ4v) is 2.80. The molecule has 0 fully saturated rings. The predicted molar refractivity (Wildman–Crippen MR) is 108 cm³/mol. The molecule has 136 valence electrons. The van der Waals surface area contributed by atoms with Gasteiger partial charge in [0, 0.05) is 28.2 Å². The number of amides is 1. The number of rotatable bonds is 5. The number of pyridine rings is 1. The second-order valence-electron chi connectivity index (χ2n) is 6.14. The molecule has 2 aromatic carbocycles. The Morgan fingerprint density at radius 1 is 0.963 bits per heavy atom. The monoisotopic (exact) mass is 379 g/mol. The largest absolute Gasteiger partial charge is 0.354 e. The standard InChI is InChI=1S/C21H18ClN3O2/c1-13-8-17(22)6-7-20(13)24-19-10-16(11-23-12-19)21(27)25-18-5-3-4-15(9-18)14(2)26/h3-12,24H,1-2H3,(H,25,27). The summed E-state index contributed by atoms with van der Waals surface area (Å²) >= 11 is 5.98. The number of nitrogens with zero attached hydrogens (tertiary/aromatic N) is 1. The summed E-state index contributed by atoms with van der Waals surface area (Å²) < 4.78 is 0. The van der Waals surface area contributed by atoms with Gasteiger partial charge in [-0.05, 0) is 55.8 Å². The summed E-state index contributed by atoms with van der Waals surface area (Å²) in [6.07, 6.45) is 3.13. The molecule has 2 N–H and O–H groups in total. The van der Waals surface area contributed by atoms with Crippen LogP contribution in [0.15, 0.2) is 60.9 Å². The van der Waals surface area contributed by atoms with Crippen molar-refractivity contribution in [1.82, 2.24) is 4.98 Å². The van der Waals surface area contributed by atoms with Gasteiger partial charge in [-0.25, -0.2) is 0 Å². The van der Waals surface area contributed by atoms with Gasteiger partial charge < -0.3 is 10.6 Å². The van der Waals surface area contributed by atoms with E-state index in [1.54, 1.807) is 42.6 Å². The van der Waals surface area contributed by atoms with Gasteiger partial charge in [-0.2, -0.15) is 0 Å². The molecular weight excluding hydrogens is 362 g/mol. The zero-order valence-electron chi connectivity index (χ0n) is 14.9. The number of aromatic nitrogens is 1. The Morgan fingerprint density at radius 2 is 1.74 bits per heavy atom. The molecule has 1 heterocycles. The van der Waals surface area contributed by atoms with Crippen LogP contribution in [0.2, 0.25) is 5.02 Å². The molecule has 1 aromatic heterocycles. The molecular formula is C21H18ClN3O2. The Bertz CT molecular complexity index is 1020. The fraction of sp³-hybridized carbons (Fsp3) is 0.0952. The molecule has 0 bridgehead atoms. The van der Waals surface area contributed by atoms with E-state index in [1.807, 2.05) is 19.1 Å². The molecule has 0 saturated carbocycles. The van der Waals surface area contributed by atoms with E-state index in [9.17, 15) is 9.59 Å². The Morgan fingerprint density at radius 3 is 2.48 bits per heavy atom. The highest BCUT2D eigenvalue weighted by Crippen LogP contribution is 2.24. The Hall–Kier alpha value is -3.18. The van der Waals surface area contributed by atoms with E-state index in [0.29, 0.717) is 27.5 Å². The topological polar surface area (TPSA) is 71.1 Å². The van der Waals surface area contributed by atoms with Crippen molar-refractivity contribution in [3.63, 3.8) is 0 Å². The number of halogens is 1. The summed E-state index contributed by atoms with van der Waals surface area (Å²) in [4.78, 5) is 28.1. The second-order valence-corrected chi connectivity index (χ2v) is 6.57. The third-order valence-electron chi connectivity index (χ3n) is 3.99. The van der Waals surface area contributed by atoms with E-state index in [4.69, 9.17) is 11.6 Å². The molecule has 3 aromatic rings. The van der Waals surface area contributed by atoms with Crippen LogP contribution in [-0.2, 0) is 0 Å². The maximum atomic E-state index is 12.5. The molecule has 27 heavy (non-hydrogen) atoms. The number of ketones is 1. The molecule has 6 heteroatoms. The van der Waals surface area contributed by atoms with Gasteiger partial charge in [0.25, 0.3) is 5.91 Å². The maximum Gasteiger partial charge on any atom is 0.257 e. The minimum Gasteiger partial charge on any atom is -0.354 e. The van der Waals surface area contributed by atoms with Gasteiger partial charge in [-0.1, -0.05) is 23.7 Å². The zero-order valence-corrected chi connectivity index (χ0v) is 15.7. The Labute approximate surface area is 162 Å². The van der Waals surface area contributed by atoms with Crippen molar-refractivity contribution in [2.24, 2.45) is 0 Å². The minimum absolute atomic E-state index is 0.0581. The first kappa shape index (κ1) is 18.6. The molecule has 3 rings (SSSR count). The molecule has 0 atom stereocenters. The molecule has 0 radical (unpaired) electrons. The normalized spacial score (nSPS) is 10.3. The quantitative estimate of drug-likeness (QED) is 0.594. The summed E-state index contributed by atoms with van der Waals surface area (Å²) in [5.74, 6) is -0.364. The highest BCUT2D eigenvalue weighted by molar-refractivity contribution is 6.30. The predicted octanol–water partition coefficient (Wildman–Crippen LogP) is 5.24. The molecule has 0 aliphatic rings. The number of carbonyl (C=O) groups excluding carboxylic acids is 2. The van der Waals surface area contributed by atoms with Crippen molar-refractivity contribution in [3.05, 3.63) is 82.6 Å². The number of hydrogen-bond donors (Lipinski definition) is 2. The van der Waals surface area contributed by atoms with Crippen molar-refractivity contribution in [2.45, 2.75) is 13.8 Å². The van der Waals surface area contributed by atoms with E-state index >= 15 is 0 Å². The second kappa shape index (κ2) is 8.01. The van der Waals surface area contributed by atoms with Crippen molar-refractivity contribution in [3.8, 4) is 0 Å². The minimum atomic E-state index is -0.306. The van der Waals surface area contributed by atoms with Gasteiger partial charge in [0.05, 0.1) is 17.4 Å². The summed E-state index contributed by atoms with van der Waals surface area (Å²) in [5.41, 5.74) is 4.05. The molecule has 0 aliphatic carbocycles. The lowest BCUT2D eigenvalue weighted by molar-refractivity contribution is 0.101. The fourth-order valence-electron chi connectivity index (χ4n) is 2.57. The van der Waals surface area contributed by atoms with Gasteiger partial charge >= 0.3 is 0 Å². The van der Waals surface area contributed by atoms with Crippen LogP contribution in [0.1, 0.15) is 33.2 Å². The third kappa shape index (κ3) is 4.71. The van der Waals surface area contributed by atoms with Crippen molar-refractivity contribution < 1.29 is 9.59 Å². The maximum absolute atomic E-state index is 12.5. The van der Waals surface area contributed by atoms with Gasteiger partial charge in [-0.3, -0.25) is 14.6 Å². The summed E-state index contributed by atoms with van der Waals surface area (Å²) in [7, 11) is 0. The first-order valence-corrected chi connectivity index (χ1v) is 8.71. The lowest BCUT2D eigenvalue weighted by Gasteiger charge is -2.11. The highest BCUT2D eigenvalue weighted by atomic mass is 35.5. The Balaban J connectivity index is 1.77.